The normalized spacial score (nSPS) is 12.3. The van der Waals surface area contributed by atoms with Crippen molar-refractivity contribution >= 4 is 10.0 Å². The Bertz CT molecular complexity index is 554. The van der Waals surface area contributed by atoms with E-state index in [0.29, 0.717) is 30.6 Å². The molecule has 0 unspecified atom stereocenters. The van der Waals surface area contributed by atoms with Gasteiger partial charge in [-0.1, -0.05) is 26.0 Å². The van der Waals surface area contributed by atoms with E-state index in [1.54, 1.807) is 6.07 Å². The third-order valence-electron chi connectivity index (χ3n) is 3.11. The predicted molar refractivity (Wildman–Crippen MR) is 86.9 cm³/mol. The topological polar surface area (TPSA) is 61.4 Å². The summed E-state index contributed by atoms with van der Waals surface area (Å²) in [6.07, 6.45) is 0. The lowest BCUT2D eigenvalue weighted by Crippen LogP contribution is -2.32. The molecule has 1 aromatic rings. The van der Waals surface area contributed by atoms with Gasteiger partial charge in [0.25, 0.3) is 0 Å². The molecule has 2 N–H and O–H groups in total. The average Bonchev–Trinajstić information content (AvgIpc) is 2.36. The zero-order chi connectivity index (χ0) is 16.0. The van der Waals surface area contributed by atoms with Crippen LogP contribution in [0.1, 0.15) is 25.0 Å². The lowest BCUT2D eigenvalue weighted by molar-refractivity contribution is 0.412. The van der Waals surface area contributed by atoms with Crippen LogP contribution >= 0.6 is 0 Å². The number of benzene rings is 1. The van der Waals surface area contributed by atoms with Gasteiger partial charge in [-0.15, -0.1) is 0 Å². The Labute approximate surface area is 128 Å². The van der Waals surface area contributed by atoms with Crippen LogP contribution in [-0.2, 0) is 16.6 Å². The molecule has 1 rings (SSSR count). The molecular weight excluding hydrogens is 286 g/mol. The van der Waals surface area contributed by atoms with E-state index in [0.717, 1.165) is 11.1 Å². The minimum Gasteiger partial charge on any atom is -0.310 e. The van der Waals surface area contributed by atoms with Crippen molar-refractivity contribution in [3.8, 4) is 0 Å². The highest BCUT2D eigenvalue weighted by Crippen LogP contribution is 2.17. The van der Waals surface area contributed by atoms with Gasteiger partial charge in [0.15, 0.2) is 0 Å². The summed E-state index contributed by atoms with van der Waals surface area (Å²) in [6, 6.07) is 5.94. The monoisotopic (exact) mass is 313 g/mol. The van der Waals surface area contributed by atoms with Gasteiger partial charge >= 0.3 is 0 Å². The molecule has 0 amide bonds. The molecule has 0 saturated carbocycles. The summed E-state index contributed by atoms with van der Waals surface area (Å²) in [6.45, 7) is 7.69. The van der Waals surface area contributed by atoms with E-state index in [-0.39, 0.29) is 0 Å². The Kier molecular flexibility index (Phi) is 6.80. The van der Waals surface area contributed by atoms with Gasteiger partial charge in [0, 0.05) is 25.7 Å². The minimum absolute atomic E-state index is 0.365. The van der Waals surface area contributed by atoms with Crippen LogP contribution in [0.4, 0.5) is 0 Å². The molecule has 0 aromatic heterocycles. The zero-order valence-electron chi connectivity index (χ0n) is 13.6. The fourth-order valence-corrected chi connectivity index (χ4v) is 3.16. The number of nitrogens with zero attached hydrogens (tertiary/aromatic N) is 1. The fourth-order valence-electron chi connectivity index (χ4n) is 1.85. The van der Waals surface area contributed by atoms with Crippen molar-refractivity contribution in [3.05, 3.63) is 29.3 Å². The van der Waals surface area contributed by atoms with Crippen molar-refractivity contribution in [2.24, 2.45) is 0 Å². The van der Waals surface area contributed by atoms with Crippen molar-refractivity contribution < 1.29 is 8.42 Å². The number of aryl methyl sites for hydroxylation is 1. The van der Waals surface area contributed by atoms with E-state index in [9.17, 15) is 8.42 Å². The Morgan fingerprint density at radius 1 is 1.24 bits per heavy atom. The summed E-state index contributed by atoms with van der Waals surface area (Å²) in [5.41, 5.74) is 1.74. The van der Waals surface area contributed by atoms with Crippen LogP contribution in [-0.4, -0.2) is 46.5 Å². The van der Waals surface area contributed by atoms with E-state index >= 15 is 0 Å². The van der Waals surface area contributed by atoms with Gasteiger partial charge in [0.1, 0.15) is 0 Å². The maximum absolute atomic E-state index is 12.4. The Morgan fingerprint density at radius 2 is 1.90 bits per heavy atom. The lowest BCUT2D eigenvalue weighted by atomic mass is 10.1. The second-order valence-corrected chi connectivity index (χ2v) is 7.57. The number of sulfonamides is 1. The standard InChI is InChI=1S/C15H27N3O2S/c1-12(2)16-11-14-7-6-13(3)15(10-14)21(19,20)17-8-9-18(4)5/h6-7,10,12,16-17H,8-9,11H2,1-5H3. The molecular formula is C15H27N3O2S. The highest BCUT2D eigenvalue weighted by molar-refractivity contribution is 7.89. The Hall–Kier alpha value is -0.950. The Morgan fingerprint density at radius 3 is 2.48 bits per heavy atom. The molecule has 6 heteroatoms. The van der Waals surface area contributed by atoms with Gasteiger partial charge in [-0.05, 0) is 38.2 Å². The molecule has 0 aliphatic heterocycles. The summed E-state index contributed by atoms with van der Waals surface area (Å²) in [7, 11) is 0.377. The van der Waals surface area contributed by atoms with Crippen LogP contribution in [0, 0.1) is 6.92 Å². The molecule has 0 radical (unpaired) electrons. The van der Waals surface area contributed by atoms with Gasteiger partial charge in [0.05, 0.1) is 4.90 Å². The van der Waals surface area contributed by atoms with E-state index < -0.39 is 10.0 Å². The van der Waals surface area contributed by atoms with E-state index in [1.165, 1.54) is 0 Å². The quantitative estimate of drug-likeness (QED) is 0.760. The summed E-state index contributed by atoms with van der Waals surface area (Å²) in [5.74, 6) is 0. The lowest BCUT2D eigenvalue weighted by Gasteiger charge is -2.14. The number of likely N-dealkylation sites (N-methyl/N-ethyl adjacent to an activating group) is 1. The van der Waals surface area contributed by atoms with Gasteiger partial charge in [-0.3, -0.25) is 0 Å². The molecule has 0 atom stereocenters. The van der Waals surface area contributed by atoms with Gasteiger partial charge in [0.2, 0.25) is 10.0 Å². The number of hydrogen-bond acceptors (Lipinski definition) is 4. The van der Waals surface area contributed by atoms with Gasteiger partial charge in [-0.25, -0.2) is 13.1 Å². The number of rotatable bonds is 8. The second-order valence-electron chi connectivity index (χ2n) is 5.84. The molecule has 0 spiro atoms. The van der Waals surface area contributed by atoms with Crippen molar-refractivity contribution in [3.63, 3.8) is 0 Å². The third kappa shape index (κ3) is 6.13. The second kappa shape index (κ2) is 7.89. The van der Waals surface area contributed by atoms with E-state index in [4.69, 9.17) is 0 Å². The zero-order valence-corrected chi connectivity index (χ0v) is 14.4. The first kappa shape index (κ1) is 18.1. The minimum atomic E-state index is -3.45. The van der Waals surface area contributed by atoms with Crippen LogP contribution in [0.3, 0.4) is 0 Å². The molecule has 5 nitrogen and oxygen atoms in total. The van der Waals surface area contributed by atoms with E-state index in [1.807, 2.05) is 38.1 Å². The molecule has 1 aromatic carbocycles. The molecule has 120 valence electrons. The maximum Gasteiger partial charge on any atom is 0.240 e. The third-order valence-corrected chi connectivity index (χ3v) is 4.71. The number of hydrogen-bond donors (Lipinski definition) is 2. The first-order chi connectivity index (χ1) is 9.72. The summed E-state index contributed by atoms with van der Waals surface area (Å²) in [4.78, 5) is 2.31. The average molecular weight is 313 g/mol. The van der Waals surface area contributed by atoms with Gasteiger partial charge < -0.3 is 10.2 Å². The van der Waals surface area contributed by atoms with Crippen LogP contribution in [0.15, 0.2) is 23.1 Å². The SMILES string of the molecule is Cc1ccc(CNC(C)C)cc1S(=O)(=O)NCCN(C)C. The molecule has 0 aliphatic carbocycles. The molecule has 0 fully saturated rings. The maximum atomic E-state index is 12.4. The largest absolute Gasteiger partial charge is 0.310 e. The van der Waals surface area contributed by atoms with Crippen LogP contribution in [0.2, 0.25) is 0 Å². The highest BCUT2D eigenvalue weighted by atomic mass is 32.2. The molecule has 21 heavy (non-hydrogen) atoms. The summed E-state index contributed by atoms with van der Waals surface area (Å²) in [5, 5.41) is 3.30. The van der Waals surface area contributed by atoms with Crippen molar-refractivity contribution in [1.29, 1.82) is 0 Å². The van der Waals surface area contributed by atoms with Crippen molar-refractivity contribution in [2.75, 3.05) is 27.2 Å². The van der Waals surface area contributed by atoms with Crippen LogP contribution in [0.5, 0.6) is 0 Å². The highest BCUT2D eigenvalue weighted by Gasteiger charge is 2.16. The number of nitrogens with one attached hydrogen (secondary N) is 2. The molecule has 0 heterocycles. The molecule has 0 saturated heterocycles. The first-order valence-electron chi connectivity index (χ1n) is 7.19. The first-order valence-corrected chi connectivity index (χ1v) is 8.68. The summed E-state index contributed by atoms with van der Waals surface area (Å²) >= 11 is 0. The van der Waals surface area contributed by atoms with Crippen LogP contribution in [0.25, 0.3) is 0 Å². The smallest absolute Gasteiger partial charge is 0.240 e. The fraction of sp³-hybridized carbons (Fsp3) is 0.600. The van der Waals surface area contributed by atoms with E-state index in [2.05, 4.69) is 23.9 Å². The van der Waals surface area contributed by atoms with Crippen molar-refractivity contribution in [2.45, 2.75) is 38.3 Å². The Balaban J connectivity index is 2.86. The molecule has 0 aliphatic rings. The molecule has 0 bridgehead atoms. The summed E-state index contributed by atoms with van der Waals surface area (Å²) < 4.78 is 27.4. The van der Waals surface area contributed by atoms with Gasteiger partial charge in [-0.2, -0.15) is 0 Å². The van der Waals surface area contributed by atoms with Crippen LogP contribution < -0.4 is 10.0 Å². The van der Waals surface area contributed by atoms with Crippen molar-refractivity contribution in [1.82, 2.24) is 14.9 Å². The predicted octanol–water partition coefficient (Wildman–Crippen LogP) is 1.33.